The molecule has 0 spiro atoms. The predicted molar refractivity (Wildman–Crippen MR) is 72.3 cm³/mol. The molecule has 8 heteroatoms. The zero-order valence-corrected chi connectivity index (χ0v) is 11.7. The first-order valence-electron chi connectivity index (χ1n) is 5.68. The number of nitrogens with one attached hydrogen (secondary N) is 2. The largest absolute Gasteiger partial charge is 0.478 e. The van der Waals surface area contributed by atoms with E-state index < -0.39 is 26.6 Å². The van der Waals surface area contributed by atoms with Gasteiger partial charge in [-0.05, 0) is 31.0 Å². The molecule has 0 amide bonds. The molecular weight excluding hydrogens is 282 g/mol. The number of aromatic carboxylic acids is 1. The van der Waals surface area contributed by atoms with E-state index in [0.29, 0.717) is 5.69 Å². The number of anilines is 1. The number of H-pyrrole nitrogens is 1. The predicted octanol–water partition coefficient (Wildman–Crippen LogP) is 1.53. The minimum absolute atomic E-state index is 0.399. The molecule has 0 unspecified atom stereocenters. The van der Waals surface area contributed by atoms with Gasteiger partial charge in [0.05, 0.1) is 11.9 Å². The van der Waals surface area contributed by atoms with Crippen molar-refractivity contribution in [2.75, 3.05) is 4.72 Å². The lowest BCUT2D eigenvalue weighted by atomic mass is 10.1. The highest BCUT2D eigenvalue weighted by atomic mass is 32.2. The van der Waals surface area contributed by atoms with Crippen molar-refractivity contribution in [1.29, 1.82) is 0 Å². The Morgan fingerprint density at radius 1 is 1.35 bits per heavy atom. The molecule has 0 aliphatic rings. The van der Waals surface area contributed by atoms with E-state index in [4.69, 9.17) is 5.11 Å². The van der Waals surface area contributed by atoms with Gasteiger partial charge in [0.15, 0.2) is 5.03 Å². The van der Waals surface area contributed by atoms with Gasteiger partial charge in [-0.1, -0.05) is 12.1 Å². The van der Waals surface area contributed by atoms with E-state index in [-0.39, 0.29) is 0 Å². The zero-order valence-electron chi connectivity index (χ0n) is 10.8. The van der Waals surface area contributed by atoms with Gasteiger partial charge in [-0.3, -0.25) is 9.82 Å². The lowest BCUT2D eigenvalue weighted by molar-refractivity contribution is 0.0692. The molecule has 2 aromatic rings. The average Bonchev–Trinajstić information content (AvgIpc) is 2.83. The standard InChI is InChI=1S/C12H13N3O4S/c1-7-3-4-8(2)10(5-7)15-20(18,19)11-9(12(16)17)6-13-14-11/h3-6,15H,1-2H3,(H,13,14)(H,16,17). The third-order valence-corrected chi connectivity index (χ3v) is 4.08. The smallest absolute Gasteiger partial charge is 0.340 e. The van der Waals surface area contributed by atoms with E-state index in [2.05, 4.69) is 14.9 Å². The van der Waals surface area contributed by atoms with Crippen molar-refractivity contribution in [3.8, 4) is 0 Å². The summed E-state index contributed by atoms with van der Waals surface area (Å²) < 4.78 is 26.8. The van der Waals surface area contributed by atoms with Gasteiger partial charge in [-0.2, -0.15) is 13.5 Å². The van der Waals surface area contributed by atoms with Crippen LogP contribution in [0.4, 0.5) is 5.69 Å². The molecule has 0 atom stereocenters. The molecular formula is C12H13N3O4S. The summed E-state index contributed by atoms with van der Waals surface area (Å²) in [4.78, 5) is 11.0. The monoisotopic (exact) mass is 295 g/mol. The number of benzene rings is 1. The van der Waals surface area contributed by atoms with Crippen molar-refractivity contribution in [2.45, 2.75) is 18.9 Å². The minimum Gasteiger partial charge on any atom is -0.478 e. The van der Waals surface area contributed by atoms with Gasteiger partial charge in [-0.15, -0.1) is 0 Å². The molecule has 106 valence electrons. The van der Waals surface area contributed by atoms with Crippen molar-refractivity contribution in [3.05, 3.63) is 41.1 Å². The van der Waals surface area contributed by atoms with Crippen LogP contribution in [0.25, 0.3) is 0 Å². The molecule has 0 fully saturated rings. The maximum absolute atomic E-state index is 12.2. The number of carboxylic acid groups (broad SMARTS) is 1. The van der Waals surface area contributed by atoms with Gasteiger partial charge in [-0.25, -0.2) is 4.79 Å². The minimum atomic E-state index is -4.03. The highest BCUT2D eigenvalue weighted by molar-refractivity contribution is 7.92. The SMILES string of the molecule is Cc1ccc(C)c(NS(=O)(=O)c2[nH]ncc2C(=O)O)c1. The van der Waals surface area contributed by atoms with E-state index in [0.717, 1.165) is 17.3 Å². The van der Waals surface area contributed by atoms with E-state index in [9.17, 15) is 13.2 Å². The molecule has 2 rings (SSSR count). The number of aromatic nitrogens is 2. The second-order valence-corrected chi connectivity index (χ2v) is 5.96. The number of aromatic amines is 1. The lowest BCUT2D eigenvalue weighted by Crippen LogP contribution is -2.17. The van der Waals surface area contributed by atoms with Gasteiger partial charge >= 0.3 is 5.97 Å². The summed E-state index contributed by atoms with van der Waals surface area (Å²) in [5.74, 6) is -1.36. The molecule has 0 bridgehead atoms. The molecule has 20 heavy (non-hydrogen) atoms. The molecule has 1 heterocycles. The van der Waals surface area contributed by atoms with Gasteiger partial charge in [0.2, 0.25) is 0 Å². The number of rotatable bonds is 4. The first kappa shape index (κ1) is 14.1. The Labute approximate surface area is 115 Å². The number of sulfonamides is 1. The topological polar surface area (TPSA) is 112 Å². The second-order valence-electron chi connectivity index (χ2n) is 4.34. The van der Waals surface area contributed by atoms with Gasteiger partial charge in [0.25, 0.3) is 10.0 Å². The lowest BCUT2D eigenvalue weighted by Gasteiger charge is -2.10. The molecule has 7 nitrogen and oxygen atoms in total. The maximum atomic E-state index is 12.2. The van der Waals surface area contributed by atoms with Gasteiger partial charge in [0.1, 0.15) is 5.56 Å². The average molecular weight is 295 g/mol. The third kappa shape index (κ3) is 2.64. The molecule has 0 radical (unpaired) electrons. The summed E-state index contributed by atoms with van der Waals surface area (Å²) in [5.41, 5.74) is 1.62. The molecule has 3 N–H and O–H groups in total. The van der Waals surface area contributed by atoms with E-state index >= 15 is 0 Å². The van der Waals surface area contributed by atoms with Crippen LogP contribution in [0.15, 0.2) is 29.4 Å². The third-order valence-electron chi connectivity index (χ3n) is 2.74. The van der Waals surface area contributed by atoms with Crippen LogP contribution >= 0.6 is 0 Å². The summed E-state index contributed by atoms with van der Waals surface area (Å²) >= 11 is 0. The fourth-order valence-corrected chi connectivity index (χ4v) is 2.89. The first-order valence-corrected chi connectivity index (χ1v) is 7.16. The Morgan fingerprint density at radius 3 is 2.70 bits per heavy atom. The summed E-state index contributed by atoms with van der Waals surface area (Å²) in [6, 6.07) is 5.30. The Kier molecular flexibility index (Phi) is 3.49. The van der Waals surface area contributed by atoms with Crippen LogP contribution in [0.2, 0.25) is 0 Å². The maximum Gasteiger partial charge on any atom is 0.340 e. The summed E-state index contributed by atoms with van der Waals surface area (Å²) in [6.45, 7) is 3.58. The van der Waals surface area contributed by atoms with Gasteiger partial charge in [0, 0.05) is 0 Å². The highest BCUT2D eigenvalue weighted by Crippen LogP contribution is 2.21. The number of aryl methyl sites for hydroxylation is 2. The zero-order chi connectivity index (χ0) is 14.9. The Hall–Kier alpha value is -2.35. The Bertz CT molecular complexity index is 765. The molecule has 0 aliphatic carbocycles. The van der Waals surface area contributed by atoms with Crippen LogP contribution in [-0.4, -0.2) is 29.7 Å². The summed E-state index contributed by atoms with van der Waals surface area (Å²) in [6.07, 6.45) is 0.958. The highest BCUT2D eigenvalue weighted by Gasteiger charge is 2.25. The van der Waals surface area contributed by atoms with Crippen LogP contribution < -0.4 is 4.72 Å². The number of hydrogen-bond donors (Lipinski definition) is 3. The van der Waals surface area contributed by atoms with Crippen LogP contribution in [-0.2, 0) is 10.0 Å². The van der Waals surface area contributed by atoms with Crippen molar-refractivity contribution >= 4 is 21.7 Å². The molecule has 0 aliphatic heterocycles. The summed E-state index contributed by atoms with van der Waals surface area (Å²) in [5, 5.41) is 14.1. The number of nitrogens with zero attached hydrogens (tertiary/aromatic N) is 1. The Morgan fingerprint density at radius 2 is 2.05 bits per heavy atom. The van der Waals surface area contributed by atoms with Crippen LogP contribution in [0, 0.1) is 13.8 Å². The van der Waals surface area contributed by atoms with E-state index in [1.807, 2.05) is 13.0 Å². The van der Waals surface area contributed by atoms with Crippen LogP contribution in [0.3, 0.4) is 0 Å². The fraction of sp³-hybridized carbons (Fsp3) is 0.167. The summed E-state index contributed by atoms with van der Waals surface area (Å²) in [7, 11) is -4.03. The molecule has 0 saturated carbocycles. The van der Waals surface area contributed by atoms with Crippen molar-refractivity contribution < 1.29 is 18.3 Å². The van der Waals surface area contributed by atoms with Crippen molar-refractivity contribution in [2.24, 2.45) is 0 Å². The van der Waals surface area contributed by atoms with E-state index in [1.165, 1.54) is 0 Å². The Balaban J connectivity index is 2.44. The number of carbonyl (C=O) groups is 1. The van der Waals surface area contributed by atoms with Crippen molar-refractivity contribution in [1.82, 2.24) is 10.2 Å². The molecule has 1 aromatic carbocycles. The second kappa shape index (κ2) is 4.97. The van der Waals surface area contributed by atoms with Crippen LogP contribution in [0.5, 0.6) is 0 Å². The quantitative estimate of drug-likeness (QED) is 0.791. The van der Waals surface area contributed by atoms with Crippen molar-refractivity contribution in [3.63, 3.8) is 0 Å². The van der Waals surface area contributed by atoms with Crippen LogP contribution in [0.1, 0.15) is 21.5 Å². The van der Waals surface area contributed by atoms with E-state index in [1.54, 1.807) is 19.1 Å². The molecule has 1 aromatic heterocycles. The van der Waals surface area contributed by atoms with Gasteiger partial charge < -0.3 is 5.11 Å². The number of carboxylic acids is 1. The molecule has 0 saturated heterocycles. The normalized spacial score (nSPS) is 11.3. The fourth-order valence-electron chi connectivity index (χ4n) is 1.67. The number of hydrogen-bond acceptors (Lipinski definition) is 4. The first-order chi connectivity index (χ1) is 9.31.